The zero-order valence-electron chi connectivity index (χ0n) is 10.9. The second-order valence-corrected chi connectivity index (χ2v) is 4.41. The molecule has 1 aliphatic heterocycles. The Morgan fingerprint density at radius 2 is 2.00 bits per heavy atom. The molecule has 1 aromatic heterocycles. The smallest absolute Gasteiger partial charge is 0.321 e. The Morgan fingerprint density at radius 3 is 2.67 bits per heavy atom. The number of rotatable bonds is 3. The number of hydrazone groups is 1. The lowest BCUT2D eigenvalue weighted by Crippen LogP contribution is -2.26. The quantitative estimate of drug-likeness (QED) is 0.936. The second kappa shape index (κ2) is 5.66. The monoisotopic (exact) mass is 286 g/mol. The molecule has 0 spiro atoms. The molecule has 106 valence electrons. The third-order valence-electron chi connectivity index (χ3n) is 2.87. The van der Waals surface area contributed by atoms with Crippen molar-refractivity contribution in [3.8, 4) is 11.8 Å². The lowest BCUT2D eigenvalue weighted by molar-refractivity contribution is -0.121. The Labute approximate surface area is 119 Å². The predicted molar refractivity (Wildman–Crippen MR) is 72.4 cm³/mol. The summed E-state index contributed by atoms with van der Waals surface area (Å²) in [6.45, 7) is 0. The summed E-state index contributed by atoms with van der Waals surface area (Å²) in [4.78, 5) is 19.1. The van der Waals surface area contributed by atoms with Crippen molar-refractivity contribution >= 4 is 11.6 Å². The van der Waals surface area contributed by atoms with E-state index in [1.54, 1.807) is 24.5 Å². The minimum atomic E-state index is -0.392. The lowest BCUT2D eigenvalue weighted by atomic mass is 10.1. The Hall–Kier alpha value is -2.83. The Bertz CT molecular complexity index is 700. The van der Waals surface area contributed by atoms with E-state index in [9.17, 15) is 9.18 Å². The molecule has 0 saturated carbocycles. The van der Waals surface area contributed by atoms with Crippen molar-refractivity contribution in [2.75, 3.05) is 0 Å². The fourth-order valence-electron chi connectivity index (χ4n) is 1.84. The summed E-state index contributed by atoms with van der Waals surface area (Å²) in [5.41, 5.74) is 3.84. The highest BCUT2D eigenvalue weighted by atomic mass is 19.1. The molecule has 1 aromatic carbocycles. The maximum atomic E-state index is 13.0. The number of hydrogen-bond donors (Lipinski definition) is 1. The first-order chi connectivity index (χ1) is 10.2. The van der Waals surface area contributed by atoms with Crippen LogP contribution in [0.4, 0.5) is 4.39 Å². The lowest BCUT2D eigenvalue weighted by Gasteiger charge is -2.11. The zero-order chi connectivity index (χ0) is 14.7. The van der Waals surface area contributed by atoms with Crippen molar-refractivity contribution < 1.29 is 13.9 Å². The van der Waals surface area contributed by atoms with Gasteiger partial charge in [0.25, 0.3) is 0 Å². The van der Waals surface area contributed by atoms with E-state index in [-0.39, 0.29) is 11.9 Å². The Morgan fingerprint density at radius 1 is 1.19 bits per heavy atom. The van der Waals surface area contributed by atoms with Crippen molar-refractivity contribution in [1.29, 1.82) is 0 Å². The Kier molecular flexibility index (Phi) is 3.55. The summed E-state index contributed by atoms with van der Waals surface area (Å²) in [6.07, 6.45) is 4.04. The number of carbonyl (C=O) groups excluding carboxylic acids is 1. The molecule has 0 fully saturated rings. The topological polar surface area (TPSA) is 76.5 Å². The summed E-state index contributed by atoms with van der Waals surface area (Å²) in [7, 11) is 0. The molecule has 6 nitrogen and oxygen atoms in total. The largest absolute Gasteiger partial charge is 0.424 e. The van der Waals surface area contributed by atoms with Gasteiger partial charge in [-0.3, -0.25) is 4.79 Å². The standard InChI is InChI=1S/C14H11FN4O2/c15-10-2-1-3-11(6-10)21-14-16-7-9(8-17-14)12-4-5-13(20)19-18-12/h1-3,6-8H,4-5H2,(H,19,20). The minimum Gasteiger partial charge on any atom is -0.424 e. The maximum Gasteiger partial charge on any atom is 0.321 e. The number of hydrogen-bond acceptors (Lipinski definition) is 5. The highest BCUT2D eigenvalue weighted by Crippen LogP contribution is 2.18. The first-order valence-electron chi connectivity index (χ1n) is 6.32. The summed E-state index contributed by atoms with van der Waals surface area (Å²) >= 11 is 0. The van der Waals surface area contributed by atoms with E-state index in [1.807, 2.05) is 0 Å². The molecule has 7 heteroatoms. The molecule has 0 aliphatic carbocycles. The van der Waals surface area contributed by atoms with E-state index >= 15 is 0 Å². The number of nitrogens with one attached hydrogen (secondary N) is 1. The molecular weight excluding hydrogens is 275 g/mol. The average Bonchev–Trinajstić information content (AvgIpc) is 2.49. The second-order valence-electron chi connectivity index (χ2n) is 4.41. The van der Waals surface area contributed by atoms with Crippen LogP contribution in [0, 0.1) is 5.82 Å². The van der Waals surface area contributed by atoms with Gasteiger partial charge in [0.2, 0.25) is 5.91 Å². The van der Waals surface area contributed by atoms with Crippen LogP contribution in [0.25, 0.3) is 0 Å². The predicted octanol–water partition coefficient (Wildman–Crippen LogP) is 2.02. The van der Waals surface area contributed by atoms with Crippen LogP contribution < -0.4 is 10.2 Å². The van der Waals surface area contributed by atoms with Crippen LogP contribution in [0.1, 0.15) is 18.4 Å². The van der Waals surface area contributed by atoms with Crippen LogP contribution in [0.15, 0.2) is 41.8 Å². The van der Waals surface area contributed by atoms with Gasteiger partial charge in [-0.25, -0.2) is 19.8 Å². The molecule has 1 aliphatic rings. The summed E-state index contributed by atoms with van der Waals surface area (Å²) in [6, 6.07) is 5.84. The number of carbonyl (C=O) groups is 1. The molecular formula is C14H11FN4O2. The fourth-order valence-corrected chi connectivity index (χ4v) is 1.84. The molecule has 1 N–H and O–H groups in total. The number of aromatic nitrogens is 2. The van der Waals surface area contributed by atoms with Gasteiger partial charge in [0, 0.05) is 36.9 Å². The summed E-state index contributed by atoms with van der Waals surface area (Å²) in [5, 5.41) is 3.95. The van der Waals surface area contributed by atoms with Crippen LogP contribution in [0.3, 0.4) is 0 Å². The fraction of sp³-hybridized carbons (Fsp3) is 0.143. The molecule has 21 heavy (non-hydrogen) atoms. The van der Waals surface area contributed by atoms with Gasteiger partial charge in [0.15, 0.2) is 0 Å². The number of amides is 1. The van der Waals surface area contributed by atoms with Gasteiger partial charge >= 0.3 is 6.01 Å². The van der Waals surface area contributed by atoms with Crippen LogP contribution in [-0.4, -0.2) is 21.6 Å². The van der Waals surface area contributed by atoms with Gasteiger partial charge in [-0.15, -0.1) is 0 Å². The number of halogens is 1. The molecule has 0 unspecified atom stereocenters. The van der Waals surface area contributed by atoms with Gasteiger partial charge in [0.05, 0.1) is 5.71 Å². The third kappa shape index (κ3) is 3.19. The van der Waals surface area contributed by atoms with E-state index in [0.717, 1.165) is 0 Å². The van der Waals surface area contributed by atoms with E-state index < -0.39 is 5.82 Å². The van der Waals surface area contributed by atoms with Gasteiger partial charge in [-0.2, -0.15) is 5.10 Å². The molecule has 0 atom stereocenters. The molecule has 1 amide bonds. The average molecular weight is 286 g/mol. The van der Waals surface area contributed by atoms with E-state index in [0.29, 0.717) is 29.9 Å². The SMILES string of the molecule is O=C1CCC(c2cnc(Oc3cccc(F)c3)nc2)=NN1. The summed E-state index contributed by atoms with van der Waals surface area (Å²) < 4.78 is 18.4. The molecule has 3 rings (SSSR count). The molecule has 0 radical (unpaired) electrons. The van der Waals surface area contributed by atoms with Crippen molar-refractivity contribution in [1.82, 2.24) is 15.4 Å². The minimum absolute atomic E-state index is 0.106. The van der Waals surface area contributed by atoms with Crippen molar-refractivity contribution in [2.45, 2.75) is 12.8 Å². The van der Waals surface area contributed by atoms with Gasteiger partial charge in [-0.05, 0) is 12.1 Å². The molecule has 2 heterocycles. The van der Waals surface area contributed by atoms with Crippen LogP contribution >= 0.6 is 0 Å². The van der Waals surface area contributed by atoms with Gasteiger partial charge in [0.1, 0.15) is 11.6 Å². The molecule has 0 saturated heterocycles. The molecule has 0 bridgehead atoms. The number of benzene rings is 1. The Balaban J connectivity index is 1.74. The van der Waals surface area contributed by atoms with Crippen LogP contribution in [-0.2, 0) is 4.79 Å². The van der Waals surface area contributed by atoms with E-state index in [2.05, 4.69) is 20.5 Å². The third-order valence-corrected chi connectivity index (χ3v) is 2.87. The first-order valence-corrected chi connectivity index (χ1v) is 6.32. The number of nitrogens with zero attached hydrogens (tertiary/aromatic N) is 3. The highest BCUT2D eigenvalue weighted by molar-refractivity contribution is 6.03. The first kappa shape index (κ1) is 13.2. The normalized spacial score (nSPS) is 14.3. The number of ether oxygens (including phenoxy) is 1. The van der Waals surface area contributed by atoms with Crippen molar-refractivity contribution in [2.24, 2.45) is 5.10 Å². The van der Waals surface area contributed by atoms with Crippen molar-refractivity contribution in [3.63, 3.8) is 0 Å². The maximum absolute atomic E-state index is 13.0. The van der Waals surface area contributed by atoms with Crippen LogP contribution in [0.5, 0.6) is 11.8 Å². The zero-order valence-corrected chi connectivity index (χ0v) is 10.9. The molecule has 2 aromatic rings. The highest BCUT2D eigenvalue weighted by Gasteiger charge is 2.14. The van der Waals surface area contributed by atoms with Gasteiger partial charge in [-0.1, -0.05) is 6.07 Å². The summed E-state index contributed by atoms with van der Waals surface area (Å²) in [5.74, 6) is -0.174. The van der Waals surface area contributed by atoms with Crippen LogP contribution in [0.2, 0.25) is 0 Å². The van der Waals surface area contributed by atoms with Gasteiger partial charge < -0.3 is 4.74 Å². The van der Waals surface area contributed by atoms with E-state index in [4.69, 9.17) is 4.74 Å². The van der Waals surface area contributed by atoms with Crippen molar-refractivity contribution in [3.05, 3.63) is 48.0 Å². The van der Waals surface area contributed by atoms with E-state index in [1.165, 1.54) is 12.1 Å².